The van der Waals surface area contributed by atoms with E-state index in [9.17, 15) is 14.7 Å². The van der Waals surface area contributed by atoms with Crippen LogP contribution in [0.25, 0.3) is 34.2 Å². The number of hydrogen-bond acceptors (Lipinski definition) is 5. The van der Waals surface area contributed by atoms with Gasteiger partial charge in [-0.1, -0.05) is 80.9 Å². The largest absolute Gasteiger partial charge is 2.00 e. The normalized spacial score (nSPS) is 34.2. The number of allylic oxidation sites excluding steroid dienone is 2. The van der Waals surface area contributed by atoms with Crippen LogP contribution in [0.4, 0.5) is 0 Å². The number of carbonyl (C=O) groups is 2. The second kappa shape index (κ2) is 13.3. The molecule has 46 heavy (non-hydrogen) atoms. The van der Waals surface area contributed by atoms with Crippen LogP contribution in [0.2, 0.25) is 0 Å². The first-order valence-electron chi connectivity index (χ1n) is 16.2. The van der Waals surface area contributed by atoms with Crippen LogP contribution in [-0.2, 0) is 19.1 Å². The third kappa shape index (κ3) is 5.44. The van der Waals surface area contributed by atoms with Crippen molar-refractivity contribution in [3.63, 3.8) is 0 Å². The van der Waals surface area contributed by atoms with E-state index >= 15 is 0 Å². The van der Waals surface area contributed by atoms with Crippen molar-refractivity contribution in [1.29, 1.82) is 0 Å². The van der Waals surface area contributed by atoms with E-state index in [0.717, 1.165) is 40.4 Å². The van der Waals surface area contributed by atoms with Crippen molar-refractivity contribution < 1.29 is 24.2 Å². The summed E-state index contributed by atoms with van der Waals surface area (Å²) in [5.74, 6) is -1.70. The van der Waals surface area contributed by atoms with Gasteiger partial charge in [0.1, 0.15) is 11.7 Å². The van der Waals surface area contributed by atoms with Crippen LogP contribution in [0.1, 0.15) is 64.5 Å². The number of nitrogens with zero attached hydrogens (tertiary/aromatic N) is 4. The second-order valence-corrected chi connectivity index (χ2v) is 13.2. The molecule has 5 heterocycles. The number of carbonyl (C=O) groups excluding carboxylic acids is 2. The molecule has 5 aliphatic rings. The van der Waals surface area contributed by atoms with E-state index < -0.39 is 17.9 Å². The molecule has 6 unspecified atom stereocenters. The molecule has 1 aliphatic carbocycles. The first-order chi connectivity index (χ1) is 21.5. The SMILES string of the molecule is C=Cc1c(C)/c2[n-]/c1=C\C1=C(C)C(CC)C(CC3[N-]C4=C(C5[N-]C(\C=2)[C@@H](C)[C@@H]5CCC(=O)OC)[C@@H](C(=O)OC)C(O)=C4C3C)[N-]1.[Mg+2]. The molecule has 1 aromatic heterocycles. The van der Waals surface area contributed by atoms with Crippen molar-refractivity contribution in [3.8, 4) is 0 Å². The molecular formula is C36H44MgN4O5-2. The zero-order valence-corrected chi connectivity index (χ0v) is 29.5. The van der Waals surface area contributed by atoms with Crippen LogP contribution >= 0.6 is 0 Å². The zero-order chi connectivity index (χ0) is 32.3. The van der Waals surface area contributed by atoms with Crippen LogP contribution in [-0.4, -0.2) is 78.5 Å². The van der Waals surface area contributed by atoms with Gasteiger partial charge in [0.15, 0.2) is 0 Å². The summed E-state index contributed by atoms with van der Waals surface area (Å²) < 4.78 is 10.2. The number of rotatable bonds is 6. The second-order valence-electron chi connectivity index (χ2n) is 13.2. The Morgan fingerprint density at radius 2 is 1.85 bits per heavy atom. The van der Waals surface area contributed by atoms with Gasteiger partial charge < -0.3 is 35.5 Å². The first kappa shape index (κ1) is 34.4. The predicted molar refractivity (Wildman–Crippen MR) is 180 cm³/mol. The summed E-state index contributed by atoms with van der Waals surface area (Å²) in [6.07, 6.45) is 8.47. The molecule has 0 spiro atoms. The summed E-state index contributed by atoms with van der Waals surface area (Å²) in [6, 6.07) is -0.779. The molecule has 10 heteroatoms. The molecule has 0 amide bonds. The number of aromatic nitrogens is 1. The van der Waals surface area contributed by atoms with Gasteiger partial charge in [0.2, 0.25) is 0 Å². The van der Waals surface area contributed by atoms with Crippen molar-refractivity contribution in [2.75, 3.05) is 14.2 Å². The molecule has 6 rings (SSSR count). The van der Waals surface area contributed by atoms with Crippen molar-refractivity contribution in [2.45, 2.75) is 84.5 Å². The standard InChI is InChI=1S/C36H44N4O5.Mg/c1-9-20-16(3)23-13-25-18(5)22(11-12-29(41)44-7)33(39-25)31-32(36(43)45-8)35(42)30-19(6)26(40-34(30)31)15-28-21(10-2)17(4)24(38-28)14-27(20)37-23;/h9,13-14,18-19,21-22,25-26,28,32-33,42H,1,10-12,15H2,2-8H3;/q-4;+2/b23-13-,27-14-;/t18-,19?,21?,22-,25?,26?,28?,32+,33?;/m0./s1. The Bertz CT molecular complexity index is 1650. The average Bonchev–Trinajstić information content (AvgIpc) is 3.76. The van der Waals surface area contributed by atoms with Crippen molar-refractivity contribution in [1.82, 2.24) is 4.98 Å². The molecule has 242 valence electrons. The Morgan fingerprint density at radius 1 is 1.11 bits per heavy atom. The number of hydrogen-bond donors (Lipinski definition) is 1. The molecule has 0 saturated carbocycles. The minimum Gasteiger partial charge on any atom is -0.681 e. The molecule has 2 fully saturated rings. The minimum absolute atomic E-state index is 0. The van der Waals surface area contributed by atoms with Gasteiger partial charge in [0.25, 0.3) is 0 Å². The van der Waals surface area contributed by atoms with E-state index in [-0.39, 0.29) is 83.0 Å². The first-order valence-corrected chi connectivity index (χ1v) is 16.2. The third-order valence-electron chi connectivity index (χ3n) is 11.1. The average molecular weight is 637 g/mol. The molecule has 8 bridgehead atoms. The van der Waals surface area contributed by atoms with Gasteiger partial charge >= 0.3 is 35.0 Å². The Kier molecular flexibility index (Phi) is 9.92. The molecule has 2 saturated heterocycles. The molecule has 1 aromatic rings. The quantitative estimate of drug-likeness (QED) is 0.352. The number of fused-ring (bicyclic) bond motifs is 8. The maximum Gasteiger partial charge on any atom is 2.00 e. The van der Waals surface area contributed by atoms with E-state index in [4.69, 9.17) is 30.4 Å². The molecule has 1 N–H and O–H groups in total. The topological polar surface area (TPSA) is 129 Å². The van der Waals surface area contributed by atoms with Gasteiger partial charge in [-0.2, -0.15) is 0 Å². The van der Waals surface area contributed by atoms with Gasteiger partial charge in [-0.3, -0.25) is 9.59 Å². The van der Waals surface area contributed by atoms with Crippen molar-refractivity contribution in [2.24, 2.45) is 29.6 Å². The summed E-state index contributed by atoms with van der Waals surface area (Å²) in [4.78, 5) is 30.8. The fourth-order valence-corrected chi connectivity index (χ4v) is 8.46. The Morgan fingerprint density at radius 3 is 2.50 bits per heavy atom. The van der Waals surface area contributed by atoms with Crippen LogP contribution in [0.5, 0.6) is 0 Å². The van der Waals surface area contributed by atoms with E-state index in [1.165, 1.54) is 19.8 Å². The van der Waals surface area contributed by atoms with Crippen molar-refractivity contribution in [3.05, 3.63) is 78.2 Å². The zero-order valence-electron chi connectivity index (χ0n) is 28.0. The minimum atomic E-state index is -0.978. The van der Waals surface area contributed by atoms with Crippen LogP contribution in [0, 0.1) is 36.5 Å². The Hall–Kier alpha value is -2.95. The van der Waals surface area contributed by atoms with Gasteiger partial charge in [0, 0.05) is 6.42 Å². The Labute approximate surface area is 287 Å². The number of aliphatic hydroxyl groups is 1. The maximum atomic E-state index is 13.3. The molecule has 9 atom stereocenters. The molecule has 0 radical (unpaired) electrons. The van der Waals surface area contributed by atoms with Crippen LogP contribution < -0.4 is 15.7 Å². The van der Waals surface area contributed by atoms with Crippen LogP contribution in [0.3, 0.4) is 0 Å². The summed E-state index contributed by atoms with van der Waals surface area (Å²) in [7, 11) is 2.73. The third-order valence-corrected chi connectivity index (χ3v) is 11.1. The van der Waals surface area contributed by atoms with E-state index in [1.807, 2.05) is 6.08 Å². The van der Waals surface area contributed by atoms with Gasteiger partial charge in [-0.25, -0.2) is 0 Å². The van der Waals surface area contributed by atoms with E-state index in [2.05, 4.69) is 53.3 Å². The Balaban J connectivity index is 0.00000417. The molecule has 4 aliphatic heterocycles. The monoisotopic (exact) mass is 636 g/mol. The van der Waals surface area contributed by atoms with Gasteiger partial charge in [0.05, 0.1) is 14.2 Å². The number of ether oxygens (including phenoxy) is 2. The van der Waals surface area contributed by atoms with E-state index in [0.29, 0.717) is 23.3 Å². The summed E-state index contributed by atoms with van der Waals surface area (Å²) in [5.41, 5.74) is 6.30. The molecule has 0 aromatic carbocycles. The fourth-order valence-electron chi connectivity index (χ4n) is 8.46. The summed E-state index contributed by atoms with van der Waals surface area (Å²) in [6.45, 7) is 14.7. The smallest absolute Gasteiger partial charge is 0.681 e. The predicted octanol–water partition coefficient (Wildman–Crippen LogP) is 4.83. The summed E-state index contributed by atoms with van der Waals surface area (Å²) >= 11 is 0. The van der Waals surface area contributed by atoms with Crippen molar-refractivity contribution >= 4 is 53.2 Å². The summed E-state index contributed by atoms with van der Waals surface area (Å²) in [5, 5.41) is 29.2. The number of esters is 2. The van der Waals surface area contributed by atoms with Crippen LogP contribution in [0.15, 0.2) is 40.5 Å². The maximum absolute atomic E-state index is 13.3. The van der Waals surface area contributed by atoms with Gasteiger partial charge in [-0.15, -0.1) is 52.3 Å². The van der Waals surface area contributed by atoms with Gasteiger partial charge in [-0.05, 0) is 43.2 Å². The number of methoxy groups -OCH3 is 2. The number of aliphatic hydroxyl groups excluding tert-OH is 1. The molecule has 9 nitrogen and oxygen atoms in total. The van der Waals surface area contributed by atoms with E-state index in [1.54, 1.807) is 0 Å². The molecular weight excluding hydrogens is 593 g/mol. The fraction of sp³-hybridized carbons (Fsp3) is 0.556.